The molecule has 1 aliphatic carbocycles. The van der Waals surface area contributed by atoms with Gasteiger partial charge < -0.3 is 0 Å². The van der Waals surface area contributed by atoms with Crippen molar-refractivity contribution in [3.63, 3.8) is 0 Å². The summed E-state index contributed by atoms with van der Waals surface area (Å²) in [5, 5.41) is 0. The van der Waals surface area contributed by atoms with Gasteiger partial charge in [0.25, 0.3) is 0 Å². The van der Waals surface area contributed by atoms with Crippen molar-refractivity contribution >= 4 is 12.2 Å². The van der Waals surface area contributed by atoms with E-state index in [0.717, 1.165) is 0 Å². The van der Waals surface area contributed by atoms with Gasteiger partial charge in [-0.05, 0) is 33.4 Å². The topological polar surface area (TPSA) is 0 Å². The van der Waals surface area contributed by atoms with Crippen LogP contribution in [0.1, 0.15) is 11.1 Å². The summed E-state index contributed by atoms with van der Waals surface area (Å²) in [6.45, 7) is 0. The lowest BCUT2D eigenvalue weighted by atomic mass is 9.83. The average Bonchev–Trinajstić information content (AvgIpc) is 2.50. The van der Waals surface area contributed by atoms with Crippen LogP contribution in [0.15, 0.2) is 72.8 Å². The third-order valence-electron chi connectivity index (χ3n) is 3.86. The van der Waals surface area contributed by atoms with Gasteiger partial charge in [0, 0.05) is 0 Å². The standard InChI is InChI=1S/C20H14/c1-3-7-15(8-4-1)18-13-11-16-12-14-19(16)20(18)17-9-5-2-6-10-17/h1-14H. The molecule has 0 saturated carbocycles. The molecule has 3 aromatic carbocycles. The van der Waals surface area contributed by atoms with E-state index in [-0.39, 0.29) is 0 Å². The second kappa shape index (κ2) is 4.50. The molecule has 0 radical (unpaired) electrons. The van der Waals surface area contributed by atoms with Crippen LogP contribution < -0.4 is 0 Å². The molecule has 20 heavy (non-hydrogen) atoms. The zero-order valence-corrected chi connectivity index (χ0v) is 11.1. The van der Waals surface area contributed by atoms with Crippen LogP contribution in [-0.4, -0.2) is 0 Å². The smallest absolute Gasteiger partial charge is 0.00268 e. The number of rotatable bonds is 2. The van der Waals surface area contributed by atoms with Gasteiger partial charge in [-0.3, -0.25) is 0 Å². The first-order chi connectivity index (χ1) is 9.93. The predicted molar refractivity (Wildman–Crippen MR) is 86.2 cm³/mol. The third kappa shape index (κ3) is 1.70. The van der Waals surface area contributed by atoms with Crippen molar-refractivity contribution in [1.29, 1.82) is 0 Å². The van der Waals surface area contributed by atoms with Gasteiger partial charge in [-0.2, -0.15) is 0 Å². The Morgan fingerprint density at radius 3 is 1.75 bits per heavy atom. The fourth-order valence-electron chi connectivity index (χ4n) is 2.81. The number of benzene rings is 3. The van der Waals surface area contributed by atoms with E-state index in [0.29, 0.717) is 0 Å². The van der Waals surface area contributed by atoms with Gasteiger partial charge >= 0.3 is 0 Å². The van der Waals surface area contributed by atoms with Gasteiger partial charge in [0.15, 0.2) is 0 Å². The Bertz CT molecular complexity index is 781. The molecule has 1 aliphatic rings. The van der Waals surface area contributed by atoms with Crippen LogP contribution in [0.2, 0.25) is 0 Å². The van der Waals surface area contributed by atoms with E-state index in [2.05, 4.69) is 84.9 Å². The summed E-state index contributed by atoms with van der Waals surface area (Å²) in [6, 6.07) is 25.7. The fraction of sp³-hybridized carbons (Fsp3) is 0. The quantitative estimate of drug-likeness (QED) is 0.443. The minimum Gasteiger partial charge on any atom is -0.0622 e. The van der Waals surface area contributed by atoms with Crippen molar-refractivity contribution in [3.8, 4) is 22.3 Å². The van der Waals surface area contributed by atoms with Crippen LogP contribution in [0, 0.1) is 0 Å². The van der Waals surface area contributed by atoms with E-state index in [4.69, 9.17) is 0 Å². The molecule has 0 fully saturated rings. The van der Waals surface area contributed by atoms with E-state index < -0.39 is 0 Å². The molecule has 0 spiro atoms. The highest BCUT2D eigenvalue weighted by molar-refractivity contribution is 5.99. The normalized spacial score (nSPS) is 11.8. The minimum absolute atomic E-state index is 1.27. The Kier molecular flexibility index (Phi) is 2.53. The number of hydrogen-bond acceptors (Lipinski definition) is 0. The highest BCUT2D eigenvalue weighted by Crippen LogP contribution is 2.41. The molecule has 0 heteroatoms. The van der Waals surface area contributed by atoms with E-state index in [1.165, 1.54) is 33.4 Å². The summed E-state index contributed by atoms with van der Waals surface area (Å²) in [4.78, 5) is 0. The maximum Gasteiger partial charge on any atom is -0.00268 e. The van der Waals surface area contributed by atoms with Gasteiger partial charge in [-0.1, -0.05) is 84.9 Å². The highest BCUT2D eigenvalue weighted by atomic mass is 14.2. The molecular formula is C20H14. The first-order valence-electron chi connectivity index (χ1n) is 6.89. The summed E-state index contributed by atoms with van der Waals surface area (Å²) < 4.78 is 0. The molecule has 0 heterocycles. The minimum atomic E-state index is 1.27. The van der Waals surface area contributed by atoms with Crippen LogP contribution in [0.5, 0.6) is 0 Å². The van der Waals surface area contributed by atoms with Gasteiger partial charge in [0.2, 0.25) is 0 Å². The van der Waals surface area contributed by atoms with Gasteiger partial charge in [0.1, 0.15) is 0 Å². The molecule has 3 aromatic rings. The molecule has 0 saturated heterocycles. The van der Waals surface area contributed by atoms with Crippen LogP contribution in [-0.2, 0) is 0 Å². The predicted octanol–water partition coefficient (Wildman–Crippen LogP) is 5.50. The maximum atomic E-state index is 2.24. The fourth-order valence-corrected chi connectivity index (χ4v) is 2.81. The molecule has 0 N–H and O–H groups in total. The highest BCUT2D eigenvalue weighted by Gasteiger charge is 2.17. The molecule has 4 rings (SSSR count). The van der Waals surface area contributed by atoms with Gasteiger partial charge in [0.05, 0.1) is 0 Å². The molecule has 0 atom stereocenters. The monoisotopic (exact) mass is 254 g/mol. The Labute approximate surface area is 119 Å². The Morgan fingerprint density at radius 1 is 0.500 bits per heavy atom. The SMILES string of the molecule is C1=Cc2c1ccc(-c1ccccc1)c2-c1ccccc1. The zero-order chi connectivity index (χ0) is 13.4. The van der Waals surface area contributed by atoms with Crippen LogP contribution in [0.4, 0.5) is 0 Å². The van der Waals surface area contributed by atoms with E-state index in [9.17, 15) is 0 Å². The summed E-state index contributed by atoms with van der Waals surface area (Å²) in [7, 11) is 0. The maximum absolute atomic E-state index is 2.24. The first-order valence-corrected chi connectivity index (χ1v) is 6.89. The zero-order valence-electron chi connectivity index (χ0n) is 11.1. The summed E-state index contributed by atoms with van der Waals surface area (Å²) in [5.41, 5.74) is 7.90. The van der Waals surface area contributed by atoms with Crippen LogP contribution >= 0.6 is 0 Å². The van der Waals surface area contributed by atoms with E-state index in [1.54, 1.807) is 0 Å². The average molecular weight is 254 g/mol. The molecule has 0 nitrogen and oxygen atoms in total. The third-order valence-corrected chi connectivity index (χ3v) is 3.86. The van der Waals surface area contributed by atoms with Crippen molar-refractivity contribution in [2.24, 2.45) is 0 Å². The lowest BCUT2D eigenvalue weighted by molar-refractivity contribution is 1.52. The Hall–Kier alpha value is -2.60. The number of fused-ring (bicyclic) bond motifs is 1. The molecule has 0 amide bonds. The second-order valence-electron chi connectivity index (χ2n) is 5.06. The van der Waals surface area contributed by atoms with Crippen LogP contribution in [0.25, 0.3) is 34.4 Å². The Balaban J connectivity index is 2.00. The summed E-state index contributed by atoms with van der Waals surface area (Å²) in [6.07, 6.45) is 4.39. The lowest BCUT2D eigenvalue weighted by Crippen LogP contribution is -1.96. The van der Waals surface area contributed by atoms with Crippen molar-refractivity contribution < 1.29 is 0 Å². The van der Waals surface area contributed by atoms with E-state index >= 15 is 0 Å². The van der Waals surface area contributed by atoms with Gasteiger partial charge in [-0.15, -0.1) is 0 Å². The molecule has 94 valence electrons. The second-order valence-corrected chi connectivity index (χ2v) is 5.06. The first kappa shape index (κ1) is 11.2. The lowest BCUT2D eigenvalue weighted by Gasteiger charge is -2.20. The van der Waals surface area contributed by atoms with Crippen molar-refractivity contribution in [2.75, 3.05) is 0 Å². The van der Waals surface area contributed by atoms with Crippen molar-refractivity contribution in [3.05, 3.63) is 83.9 Å². The molecule has 0 aromatic heterocycles. The van der Waals surface area contributed by atoms with Gasteiger partial charge in [-0.25, -0.2) is 0 Å². The van der Waals surface area contributed by atoms with Crippen LogP contribution in [0.3, 0.4) is 0 Å². The summed E-state index contributed by atoms with van der Waals surface area (Å²) >= 11 is 0. The number of hydrogen-bond donors (Lipinski definition) is 0. The largest absolute Gasteiger partial charge is 0.0622 e. The molecule has 0 bridgehead atoms. The summed E-state index contributed by atoms with van der Waals surface area (Å²) in [5.74, 6) is 0. The van der Waals surface area contributed by atoms with E-state index in [1.807, 2.05) is 0 Å². The molecular weight excluding hydrogens is 240 g/mol. The van der Waals surface area contributed by atoms with Crippen molar-refractivity contribution in [1.82, 2.24) is 0 Å². The molecule has 0 unspecified atom stereocenters. The Morgan fingerprint density at radius 2 is 1.15 bits per heavy atom. The van der Waals surface area contributed by atoms with Crippen molar-refractivity contribution in [2.45, 2.75) is 0 Å². The molecule has 0 aliphatic heterocycles.